The molecule has 0 amide bonds. The SMILES string of the molecule is Cc1cc(NS(=O)(=O)c2c(C)cccc2N)cnc1Br. The molecule has 0 atom stereocenters. The molecule has 2 rings (SSSR count). The van der Waals surface area contributed by atoms with Crippen molar-refractivity contribution in [1.29, 1.82) is 0 Å². The summed E-state index contributed by atoms with van der Waals surface area (Å²) in [6.07, 6.45) is 1.45. The van der Waals surface area contributed by atoms with E-state index in [0.717, 1.165) is 5.56 Å². The third-order valence-electron chi connectivity index (χ3n) is 2.78. The van der Waals surface area contributed by atoms with E-state index in [1.807, 2.05) is 6.92 Å². The van der Waals surface area contributed by atoms with E-state index in [1.54, 1.807) is 31.2 Å². The topological polar surface area (TPSA) is 85.1 Å². The molecule has 7 heteroatoms. The van der Waals surface area contributed by atoms with E-state index < -0.39 is 10.0 Å². The zero-order valence-corrected chi connectivity index (χ0v) is 13.4. The molecule has 1 aromatic carbocycles. The Morgan fingerprint density at radius 2 is 1.95 bits per heavy atom. The van der Waals surface area contributed by atoms with Gasteiger partial charge >= 0.3 is 0 Å². The standard InChI is InChI=1S/C13H14BrN3O2S/c1-8-4-3-5-11(15)12(8)20(18,19)17-10-6-9(2)13(14)16-7-10/h3-7,17H,15H2,1-2H3. The molecule has 20 heavy (non-hydrogen) atoms. The van der Waals surface area contributed by atoms with E-state index >= 15 is 0 Å². The van der Waals surface area contributed by atoms with Crippen molar-refractivity contribution in [2.45, 2.75) is 18.7 Å². The minimum absolute atomic E-state index is 0.0978. The van der Waals surface area contributed by atoms with Crippen molar-refractivity contribution in [2.24, 2.45) is 0 Å². The number of rotatable bonds is 3. The number of hydrogen-bond donors (Lipinski definition) is 2. The fourth-order valence-electron chi connectivity index (χ4n) is 1.86. The van der Waals surface area contributed by atoms with Crippen molar-refractivity contribution in [3.05, 3.63) is 46.2 Å². The average molecular weight is 356 g/mol. The second-order valence-electron chi connectivity index (χ2n) is 4.43. The Bertz CT molecular complexity index is 740. The van der Waals surface area contributed by atoms with Crippen LogP contribution in [0, 0.1) is 13.8 Å². The summed E-state index contributed by atoms with van der Waals surface area (Å²) in [7, 11) is -3.73. The number of sulfonamides is 1. The molecule has 0 saturated heterocycles. The van der Waals surface area contributed by atoms with Crippen LogP contribution < -0.4 is 10.5 Å². The summed E-state index contributed by atoms with van der Waals surface area (Å²) in [4.78, 5) is 4.16. The fraction of sp³-hybridized carbons (Fsp3) is 0.154. The second-order valence-corrected chi connectivity index (χ2v) is 6.80. The van der Waals surface area contributed by atoms with Gasteiger partial charge in [-0.2, -0.15) is 0 Å². The number of nitrogens with two attached hydrogens (primary N) is 1. The molecule has 0 unspecified atom stereocenters. The summed E-state index contributed by atoms with van der Waals surface area (Å²) in [5, 5.41) is 0. The number of nitrogens with one attached hydrogen (secondary N) is 1. The highest BCUT2D eigenvalue weighted by atomic mass is 79.9. The van der Waals surface area contributed by atoms with Crippen LogP contribution in [-0.2, 0) is 10.0 Å². The molecule has 1 aromatic heterocycles. The third kappa shape index (κ3) is 2.94. The first-order valence-corrected chi connectivity index (χ1v) is 8.09. The summed E-state index contributed by atoms with van der Waals surface area (Å²) in [6, 6.07) is 6.68. The van der Waals surface area contributed by atoms with Crippen LogP contribution in [0.1, 0.15) is 11.1 Å². The van der Waals surface area contributed by atoms with E-state index in [1.165, 1.54) is 6.20 Å². The molecule has 0 aliphatic carbocycles. The molecule has 3 N–H and O–H groups in total. The first-order chi connectivity index (χ1) is 9.31. The van der Waals surface area contributed by atoms with Crippen LogP contribution in [0.15, 0.2) is 40.0 Å². The Labute approximate surface area is 126 Å². The van der Waals surface area contributed by atoms with Crippen LogP contribution in [-0.4, -0.2) is 13.4 Å². The minimum Gasteiger partial charge on any atom is -0.398 e. The Balaban J connectivity index is 2.43. The van der Waals surface area contributed by atoms with Crippen molar-refractivity contribution in [3.63, 3.8) is 0 Å². The van der Waals surface area contributed by atoms with E-state index in [2.05, 4.69) is 25.6 Å². The molecule has 0 radical (unpaired) electrons. The molecule has 106 valence electrons. The van der Waals surface area contributed by atoms with Crippen LogP contribution in [0.5, 0.6) is 0 Å². The van der Waals surface area contributed by atoms with Gasteiger partial charge in [0.25, 0.3) is 10.0 Å². The van der Waals surface area contributed by atoms with Gasteiger partial charge in [0.2, 0.25) is 0 Å². The first kappa shape index (κ1) is 14.8. The quantitative estimate of drug-likeness (QED) is 0.654. The average Bonchev–Trinajstić information content (AvgIpc) is 2.33. The summed E-state index contributed by atoms with van der Waals surface area (Å²) < 4.78 is 28.0. The molecule has 0 aliphatic rings. The van der Waals surface area contributed by atoms with Gasteiger partial charge in [-0.05, 0) is 53.0 Å². The van der Waals surface area contributed by atoms with Gasteiger partial charge in [-0.1, -0.05) is 12.1 Å². The van der Waals surface area contributed by atoms with Gasteiger partial charge in [0.1, 0.15) is 9.50 Å². The second kappa shape index (κ2) is 5.41. The zero-order chi connectivity index (χ0) is 14.9. The molecule has 2 aromatic rings. The smallest absolute Gasteiger partial charge is 0.264 e. The highest BCUT2D eigenvalue weighted by Gasteiger charge is 2.20. The largest absolute Gasteiger partial charge is 0.398 e. The maximum Gasteiger partial charge on any atom is 0.264 e. The number of nitrogens with zero attached hydrogens (tertiary/aromatic N) is 1. The number of halogens is 1. The number of benzene rings is 1. The lowest BCUT2D eigenvalue weighted by molar-refractivity contribution is 0.601. The molecular weight excluding hydrogens is 342 g/mol. The summed E-state index contributed by atoms with van der Waals surface area (Å²) in [5.74, 6) is 0. The first-order valence-electron chi connectivity index (χ1n) is 5.81. The molecular formula is C13H14BrN3O2S. The van der Waals surface area contributed by atoms with Crippen molar-refractivity contribution in [1.82, 2.24) is 4.98 Å². The van der Waals surface area contributed by atoms with Gasteiger partial charge in [0.15, 0.2) is 0 Å². The van der Waals surface area contributed by atoms with Crippen LogP contribution in [0.3, 0.4) is 0 Å². The van der Waals surface area contributed by atoms with E-state index in [0.29, 0.717) is 15.9 Å². The molecule has 0 aliphatic heterocycles. The fourth-order valence-corrected chi connectivity index (χ4v) is 3.47. The van der Waals surface area contributed by atoms with Crippen molar-refractivity contribution in [2.75, 3.05) is 10.5 Å². The Hall–Kier alpha value is -1.60. The van der Waals surface area contributed by atoms with Gasteiger partial charge in [0.05, 0.1) is 17.6 Å². The van der Waals surface area contributed by atoms with E-state index in [9.17, 15) is 8.42 Å². The molecule has 0 fully saturated rings. The van der Waals surface area contributed by atoms with Crippen molar-refractivity contribution in [3.8, 4) is 0 Å². The van der Waals surface area contributed by atoms with Gasteiger partial charge in [-0.15, -0.1) is 0 Å². The van der Waals surface area contributed by atoms with E-state index in [-0.39, 0.29) is 10.6 Å². The van der Waals surface area contributed by atoms with Crippen LogP contribution in [0.2, 0.25) is 0 Å². The van der Waals surface area contributed by atoms with Crippen molar-refractivity contribution < 1.29 is 8.42 Å². The van der Waals surface area contributed by atoms with Crippen molar-refractivity contribution >= 4 is 37.3 Å². The molecule has 0 bridgehead atoms. The predicted molar refractivity (Wildman–Crippen MR) is 83.1 cm³/mol. The lowest BCUT2D eigenvalue weighted by atomic mass is 10.2. The summed E-state index contributed by atoms with van der Waals surface area (Å²) in [5.41, 5.74) is 7.82. The zero-order valence-electron chi connectivity index (χ0n) is 11.0. The maximum absolute atomic E-state index is 12.4. The third-order valence-corrected chi connectivity index (χ3v) is 5.21. The summed E-state index contributed by atoms with van der Waals surface area (Å²) >= 11 is 3.27. The number of nitrogen functional groups attached to an aromatic ring is 1. The normalized spacial score (nSPS) is 11.3. The van der Waals surface area contributed by atoms with Crippen LogP contribution >= 0.6 is 15.9 Å². The highest BCUT2D eigenvalue weighted by Crippen LogP contribution is 2.25. The highest BCUT2D eigenvalue weighted by molar-refractivity contribution is 9.10. The molecule has 0 saturated carbocycles. The Morgan fingerprint density at radius 1 is 1.25 bits per heavy atom. The summed E-state index contributed by atoms with van der Waals surface area (Å²) in [6.45, 7) is 3.53. The Kier molecular flexibility index (Phi) is 4.01. The number of pyridine rings is 1. The molecule has 0 spiro atoms. The predicted octanol–water partition coefficient (Wildman–Crippen LogP) is 2.84. The number of anilines is 2. The lowest BCUT2D eigenvalue weighted by Crippen LogP contribution is -2.16. The van der Waals surface area contributed by atoms with Gasteiger partial charge in [-0.3, -0.25) is 4.72 Å². The molecule has 5 nitrogen and oxygen atoms in total. The monoisotopic (exact) mass is 355 g/mol. The van der Waals surface area contributed by atoms with Crippen LogP contribution in [0.25, 0.3) is 0 Å². The number of hydrogen-bond acceptors (Lipinski definition) is 4. The lowest BCUT2D eigenvalue weighted by Gasteiger charge is -2.12. The van der Waals surface area contributed by atoms with Crippen LogP contribution in [0.4, 0.5) is 11.4 Å². The van der Waals surface area contributed by atoms with Gasteiger partial charge in [0, 0.05) is 0 Å². The number of aryl methyl sites for hydroxylation is 2. The van der Waals surface area contributed by atoms with Gasteiger partial charge < -0.3 is 5.73 Å². The maximum atomic E-state index is 12.4. The van der Waals surface area contributed by atoms with E-state index in [4.69, 9.17) is 5.73 Å². The Morgan fingerprint density at radius 3 is 2.55 bits per heavy atom. The number of aromatic nitrogens is 1. The van der Waals surface area contributed by atoms with Gasteiger partial charge in [-0.25, -0.2) is 13.4 Å². The molecule has 1 heterocycles. The minimum atomic E-state index is -3.73.